The van der Waals surface area contributed by atoms with Crippen molar-refractivity contribution in [2.75, 3.05) is 72.5 Å². The smallest absolute Gasteiger partial charge is 0.320 e. The second kappa shape index (κ2) is 25.9. The van der Waals surface area contributed by atoms with Gasteiger partial charge in [-0.25, -0.2) is 0 Å². The first-order valence-electron chi connectivity index (χ1n) is 12.8. The van der Waals surface area contributed by atoms with Gasteiger partial charge in [0.2, 0.25) is 21.5 Å². The number of carbonyl (C=O) groups excluding carboxylic acids is 4. The Labute approximate surface area is 246 Å². The maximum absolute atomic E-state index is 12.4. The maximum Gasteiger partial charge on any atom is 0.320 e. The number of halogens is 2. The first-order chi connectivity index (χ1) is 19.2. The molecule has 40 heavy (non-hydrogen) atoms. The zero-order valence-electron chi connectivity index (χ0n) is 22.4. The largest absolute Gasteiger partial charge is 0.480 e. The van der Waals surface area contributed by atoms with Gasteiger partial charge in [0.05, 0.1) is 39.6 Å². The van der Waals surface area contributed by atoms with Crippen molar-refractivity contribution in [3.8, 4) is 0 Å². The van der Waals surface area contributed by atoms with Crippen LogP contribution >= 0.6 is 22.6 Å². The number of nitrogens with one attached hydrogen (secondary N) is 4. The van der Waals surface area contributed by atoms with E-state index < -0.39 is 18.1 Å². The Morgan fingerprint density at radius 3 is 1.73 bits per heavy atom. The van der Waals surface area contributed by atoms with E-state index in [1.165, 1.54) is 28.1 Å². The Morgan fingerprint density at radius 2 is 1.23 bits per heavy atom. The molecule has 0 aliphatic carbocycles. The minimum absolute atomic E-state index is 0.0135. The Morgan fingerprint density at radius 1 is 0.725 bits per heavy atom. The summed E-state index contributed by atoms with van der Waals surface area (Å²) >= 11 is 1.54. The molecular formula is C23H41FIN5O10. The second-order valence-electron chi connectivity index (χ2n) is 8.32. The molecule has 0 aromatic heterocycles. The average Bonchev–Trinajstić information content (AvgIpc) is 2.91. The van der Waals surface area contributed by atoms with Crippen LogP contribution < -0.4 is 27.2 Å². The van der Waals surface area contributed by atoms with Crippen molar-refractivity contribution in [2.45, 2.75) is 44.2 Å². The number of carboxylic acid groups (broad SMARTS) is 1. The number of carbonyl (C=O) groups is 5. The summed E-state index contributed by atoms with van der Waals surface area (Å²) in [6, 6.07) is -1.89. The van der Waals surface area contributed by atoms with Crippen LogP contribution in [0.2, 0.25) is 0 Å². The van der Waals surface area contributed by atoms with Gasteiger partial charge < -0.3 is 45.7 Å². The second-order valence-corrected chi connectivity index (χ2v) is 9.39. The summed E-state index contributed by atoms with van der Waals surface area (Å²) in [7, 11) is 0. The maximum atomic E-state index is 12.4. The average molecular weight is 694 g/mol. The molecule has 0 spiro atoms. The number of ether oxygens (including phenoxy) is 4. The molecular weight excluding hydrogens is 652 g/mol. The van der Waals surface area contributed by atoms with E-state index in [9.17, 15) is 28.5 Å². The highest BCUT2D eigenvalue weighted by molar-refractivity contribution is 14.1. The van der Waals surface area contributed by atoms with Crippen molar-refractivity contribution in [1.29, 1.82) is 0 Å². The summed E-state index contributed by atoms with van der Waals surface area (Å²) in [5.41, 5.74) is 6.78. The fraction of sp³-hybridized carbons (Fsp3) is 0.783. The molecule has 0 aromatic rings. The zero-order valence-corrected chi connectivity index (χ0v) is 24.6. The third kappa shape index (κ3) is 23.8. The third-order valence-corrected chi connectivity index (χ3v) is 5.75. The van der Waals surface area contributed by atoms with Gasteiger partial charge in [-0.3, -0.25) is 24.0 Å². The molecule has 15 nitrogen and oxygen atoms in total. The van der Waals surface area contributed by atoms with Crippen LogP contribution in [-0.4, -0.2) is 117 Å². The van der Waals surface area contributed by atoms with Gasteiger partial charge in [-0.2, -0.15) is 0 Å². The molecule has 0 unspecified atom stereocenters. The highest BCUT2D eigenvalue weighted by atomic mass is 127. The summed E-state index contributed by atoms with van der Waals surface area (Å²) in [5, 5.41) is 16.5. The molecule has 17 heteroatoms. The molecule has 2 atom stereocenters. The molecule has 0 fully saturated rings. The molecule has 0 aromatic carbocycles. The Balaban J connectivity index is 3.44. The van der Waals surface area contributed by atoms with Gasteiger partial charge in [-0.05, 0) is 25.7 Å². The van der Waals surface area contributed by atoms with Crippen molar-refractivity contribution in [2.24, 2.45) is 5.73 Å². The van der Waals surface area contributed by atoms with Gasteiger partial charge >= 0.3 is 5.97 Å². The number of unbranched alkanes of at least 4 members (excludes halogenated alkanes) is 1. The number of hydrogen-bond donors (Lipinski definition) is 6. The minimum atomic E-state index is -1.15. The Kier molecular flexibility index (Phi) is 24.6. The predicted octanol–water partition coefficient (Wildman–Crippen LogP) is -1.43. The molecule has 3 amide bonds. The summed E-state index contributed by atoms with van der Waals surface area (Å²) < 4.78 is 33.0. The highest BCUT2D eigenvalue weighted by Gasteiger charge is 2.14. The van der Waals surface area contributed by atoms with E-state index in [-0.39, 0.29) is 100 Å². The quantitative estimate of drug-likeness (QED) is 0.0253. The molecule has 7 N–H and O–H groups in total. The normalized spacial score (nSPS) is 12.4. The fourth-order valence-corrected chi connectivity index (χ4v) is 3.24. The molecule has 0 saturated heterocycles. The molecule has 0 rings (SSSR count). The van der Waals surface area contributed by atoms with Crippen molar-refractivity contribution in [3.63, 3.8) is 0 Å². The van der Waals surface area contributed by atoms with E-state index in [1.54, 1.807) is 0 Å². The van der Waals surface area contributed by atoms with Crippen LogP contribution in [0.5, 0.6) is 0 Å². The predicted molar refractivity (Wildman–Crippen MR) is 148 cm³/mol. The minimum Gasteiger partial charge on any atom is -0.480 e. The lowest BCUT2D eigenvalue weighted by Crippen LogP contribution is -2.33. The summed E-state index contributed by atoms with van der Waals surface area (Å²) in [6.45, 7) is 2.02. The molecule has 0 heterocycles. The molecule has 0 saturated carbocycles. The summed E-state index contributed by atoms with van der Waals surface area (Å²) in [6.07, 6.45) is 1.61. The van der Waals surface area contributed by atoms with Gasteiger partial charge in [-0.15, -0.1) is 10.0 Å². The van der Waals surface area contributed by atoms with Crippen molar-refractivity contribution in [1.82, 2.24) is 21.5 Å². The zero-order chi connectivity index (χ0) is 30.0. The van der Waals surface area contributed by atoms with Crippen molar-refractivity contribution in [3.05, 3.63) is 0 Å². The van der Waals surface area contributed by atoms with Gasteiger partial charge in [0.1, 0.15) is 25.3 Å². The summed E-state index contributed by atoms with van der Waals surface area (Å²) in [4.78, 5) is 56.6. The fourth-order valence-electron chi connectivity index (χ4n) is 2.81. The lowest BCUT2D eigenvalue weighted by atomic mass is 10.1. The van der Waals surface area contributed by atoms with Crippen molar-refractivity contribution < 1.29 is 52.5 Å². The molecule has 0 radical (unpaired) electrons. The van der Waals surface area contributed by atoms with E-state index in [0.717, 1.165) is 0 Å². The molecule has 0 aliphatic heterocycles. The first-order valence-corrected chi connectivity index (χ1v) is 13.9. The number of aliphatic carboxylic acids is 1. The molecule has 0 aliphatic rings. The van der Waals surface area contributed by atoms with Crippen LogP contribution in [0.4, 0.5) is 4.48 Å². The third-order valence-electron chi connectivity index (χ3n) is 4.99. The van der Waals surface area contributed by atoms with Crippen molar-refractivity contribution >= 4 is 50.1 Å². The van der Waals surface area contributed by atoms with E-state index in [1.807, 2.05) is 0 Å². The van der Waals surface area contributed by atoms with Crippen LogP contribution in [0.3, 0.4) is 0 Å². The van der Waals surface area contributed by atoms with E-state index >= 15 is 0 Å². The van der Waals surface area contributed by atoms with E-state index in [0.29, 0.717) is 25.8 Å². The number of nitrogens with two attached hydrogens (primary N) is 1. The Hall–Kier alpha value is -2.03. The van der Waals surface area contributed by atoms with Crippen LogP contribution in [0.1, 0.15) is 32.1 Å². The number of amides is 3. The van der Waals surface area contributed by atoms with Gasteiger partial charge in [0.25, 0.3) is 0 Å². The van der Waals surface area contributed by atoms with Gasteiger partial charge in [0.15, 0.2) is 0 Å². The van der Waals surface area contributed by atoms with Gasteiger partial charge in [-0.1, -0.05) is 0 Å². The number of rotatable bonds is 27. The Bertz CT molecular complexity index is 753. The SMILES string of the molecule is N[C@@H](CCC(=O)NCCOCCOCC(=O)NCCOCCOCC(=O)NCCCC[C@H](NF)C(=O)I)C(=O)O. The monoisotopic (exact) mass is 693 g/mol. The highest BCUT2D eigenvalue weighted by Crippen LogP contribution is 2.05. The van der Waals surface area contributed by atoms with Crippen LogP contribution in [-0.2, 0) is 42.9 Å². The lowest BCUT2D eigenvalue weighted by Gasteiger charge is -2.10. The standard InChI is InChI=1S/C23H41FIN5O10/c24-30-18(22(25)34)3-1-2-6-27-20(32)15-39-13-12-38-10-8-29-21(33)16-40-14-11-37-9-7-28-19(31)5-4-17(26)23(35)36/h17-18,30H,1-16,26H2,(H,27,32)(H,28,31)(H,29,33)(H,35,36)/t17-,18-/m0/s1. The first kappa shape index (κ1) is 38.0. The topological polar surface area (TPSA) is 217 Å². The number of carboxylic acids is 1. The number of hydrogen-bond acceptors (Lipinski definition) is 11. The van der Waals surface area contributed by atoms with Crippen LogP contribution in [0.25, 0.3) is 0 Å². The lowest BCUT2D eigenvalue weighted by molar-refractivity contribution is -0.138. The van der Waals surface area contributed by atoms with Crippen LogP contribution in [0.15, 0.2) is 0 Å². The molecule has 0 bridgehead atoms. The van der Waals surface area contributed by atoms with Gasteiger partial charge in [0, 0.05) is 48.6 Å². The molecule has 232 valence electrons. The van der Waals surface area contributed by atoms with E-state index in [4.69, 9.17) is 29.8 Å². The van der Waals surface area contributed by atoms with Crippen LogP contribution in [0, 0.1) is 0 Å². The van der Waals surface area contributed by atoms with E-state index in [2.05, 4.69) is 16.0 Å². The summed E-state index contributed by atoms with van der Waals surface area (Å²) in [5.74, 6) is -2.07.